The molecule has 0 atom stereocenters. The maximum Gasteiger partial charge on any atom is 0.224 e. The lowest BCUT2D eigenvalue weighted by atomic mass is 10.00. The quantitative estimate of drug-likeness (QED) is 0.878. The molecule has 0 bridgehead atoms. The number of carbonyl (C=O) groups excluding carboxylic acids is 1. The van der Waals surface area contributed by atoms with Crippen molar-refractivity contribution in [2.24, 2.45) is 7.05 Å². The predicted molar refractivity (Wildman–Crippen MR) is 82.7 cm³/mol. The molecule has 1 amide bonds. The van der Waals surface area contributed by atoms with Crippen molar-refractivity contribution in [3.05, 3.63) is 32.9 Å². The maximum atomic E-state index is 11.9. The van der Waals surface area contributed by atoms with Gasteiger partial charge in [-0.15, -0.1) is 0 Å². The molecule has 6 heteroatoms. The first-order valence-corrected chi connectivity index (χ1v) is 7.40. The maximum absolute atomic E-state index is 11.9. The van der Waals surface area contributed by atoms with Crippen LogP contribution < -0.4 is 5.32 Å². The molecule has 3 rings (SSSR count). The standard InChI is InChI=1S/C15H13Cl2N3O/c1-20-11-3-5-19-12(21)7-9(11)13-8(2-4-18)6-10(16)14(17)15(13)20/h6H,2-3,5,7H2,1H3,(H,19,21). The summed E-state index contributed by atoms with van der Waals surface area (Å²) in [6.45, 7) is 0.606. The number of aryl methyl sites for hydroxylation is 1. The van der Waals surface area contributed by atoms with Crippen molar-refractivity contribution in [2.45, 2.75) is 19.3 Å². The Morgan fingerprint density at radius 3 is 2.95 bits per heavy atom. The van der Waals surface area contributed by atoms with Gasteiger partial charge in [-0.2, -0.15) is 5.26 Å². The molecule has 4 nitrogen and oxygen atoms in total. The zero-order valence-corrected chi connectivity index (χ0v) is 13.0. The molecule has 0 saturated heterocycles. The molecule has 2 aromatic rings. The van der Waals surface area contributed by atoms with E-state index in [-0.39, 0.29) is 12.3 Å². The Morgan fingerprint density at radius 1 is 1.48 bits per heavy atom. The number of aromatic nitrogens is 1. The summed E-state index contributed by atoms with van der Waals surface area (Å²) >= 11 is 12.6. The average molecular weight is 322 g/mol. The molecular formula is C15H13Cl2N3O. The molecule has 0 saturated carbocycles. The highest BCUT2D eigenvalue weighted by atomic mass is 35.5. The monoisotopic (exact) mass is 321 g/mol. The van der Waals surface area contributed by atoms with Crippen LogP contribution >= 0.6 is 23.2 Å². The SMILES string of the molecule is Cn1c2c(c3c(CC#N)cc(Cl)c(Cl)c31)CC(=O)NCC2. The zero-order valence-electron chi connectivity index (χ0n) is 11.5. The fraction of sp³-hybridized carbons (Fsp3) is 0.333. The summed E-state index contributed by atoms with van der Waals surface area (Å²) in [6.07, 6.45) is 1.29. The van der Waals surface area contributed by atoms with E-state index in [1.54, 1.807) is 6.07 Å². The van der Waals surface area contributed by atoms with Gasteiger partial charge in [-0.25, -0.2) is 0 Å². The third kappa shape index (κ3) is 2.17. The molecule has 1 aliphatic rings. The summed E-state index contributed by atoms with van der Waals surface area (Å²) in [5.74, 6) is -0.00442. The first-order chi connectivity index (χ1) is 10.0. The van der Waals surface area contributed by atoms with E-state index >= 15 is 0 Å². The molecule has 2 heterocycles. The van der Waals surface area contributed by atoms with Gasteiger partial charge >= 0.3 is 0 Å². The van der Waals surface area contributed by atoms with Gasteiger partial charge in [-0.3, -0.25) is 4.79 Å². The number of amides is 1. The minimum absolute atomic E-state index is 0.00442. The van der Waals surface area contributed by atoms with Gasteiger partial charge in [0.05, 0.1) is 34.5 Å². The van der Waals surface area contributed by atoms with E-state index in [0.29, 0.717) is 23.0 Å². The van der Waals surface area contributed by atoms with Crippen molar-refractivity contribution in [3.63, 3.8) is 0 Å². The van der Waals surface area contributed by atoms with Gasteiger partial charge in [0.25, 0.3) is 0 Å². The number of nitrogens with zero attached hydrogens (tertiary/aromatic N) is 2. The predicted octanol–water partition coefficient (Wildman–Crippen LogP) is 2.77. The normalized spacial score (nSPS) is 14.5. The lowest BCUT2D eigenvalue weighted by Gasteiger charge is -2.08. The third-order valence-electron chi connectivity index (χ3n) is 3.96. The molecule has 0 unspecified atom stereocenters. The smallest absolute Gasteiger partial charge is 0.224 e. The van der Waals surface area contributed by atoms with Crippen LogP contribution in [0.25, 0.3) is 10.9 Å². The minimum Gasteiger partial charge on any atom is -0.355 e. The van der Waals surface area contributed by atoms with Gasteiger partial charge in [0.15, 0.2) is 0 Å². The molecule has 108 valence electrons. The van der Waals surface area contributed by atoms with Crippen LogP contribution in [0.1, 0.15) is 16.8 Å². The molecule has 0 spiro atoms. The van der Waals surface area contributed by atoms with Gasteiger partial charge in [-0.05, 0) is 17.2 Å². The number of hydrogen-bond donors (Lipinski definition) is 1. The second kappa shape index (κ2) is 5.25. The fourth-order valence-electron chi connectivity index (χ4n) is 3.07. The van der Waals surface area contributed by atoms with E-state index in [9.17, 15) is 4.79 Å². The van der Waals surface area contributed by atoms with Crippen molar-refractivity contribution in [1.82, 2.24) is 9.88 Å². The van der Waals surface area contributed by atoms with E-state index in [0.717, 1.165) is 34.1 Å². The van der Waals surface area contributed by atoms with E-state index in [1.807, 2.05) is 11.6 Å². The summed E-state index contributed by atoms with van der Waals surface area (Å²) in [5, 5.41) is 13.7. The van der Waals surface area contributed by atoms with Crippen LogP contribution in [0.2, 0.25) is 10.0 Å². The highest BCUT2D eigenvalue weighted by molar-refractivity contribution is 6.45. The zero-order chi connectivity index (χ0) is 15.1. The van der Waals surface area contributed by atoms with E-state index < -0.39 is 0 Å². The number of nitrogens with one attached hydrogen (secondary N) is 1. The first-order valence-electron chi connectivity index (χ1n) is 6.65. The van der Waals surface area contributed by atoms with Crippen LogP contribution in [-0.4, -0.2) is 17.0 Å². The van der Waals surface area contributed by atoms with Crippen LogP contribution in [0.3, 0.4) is 0 Å². The number of fused-ring (bicyclic) bond motifs is 3. The fourth-order valence-corrected chi connectivity index (χ4v) is 3.57. The van der Waals surface area contributed by atoms with Crippen molar-refractivity contribution < 1.29 is 4.79 Å². The molecule has 1 N–H and O–H groups in total. The Bertz CT molecular complexity index is 802. The minimum atomic E-state index is -0.00442. The van der Waals surface area contributed by atoms with Gasteiger partial charge < -0.3 is 9.88 Å². The largest absolute Gasteiger partial charge is 0.355 e. The summed E-state index contributed by atoms with van der Waals surface area (Å²) in [7, 11) is 1.93. The molecule has 1 aromatic heterocycles. The molecule has 0 radical (unpaired) electrons. The molecule has 1 aliphatic heterocycles. The van der Waals surface area contributed by atoms with Gasteiger partial charge in [-0.1, -0.05) is 23.2 Å². The number of hydrogen-bond acceptors (Lipinski definition) is 2. The summed E-state index contributed by atoms with van der Waals surface area (Å²) < 4.78 is 2.00. The van der Waals surface area contributed by atoms with Crippen LogP contribution in [-0.2, 0) is 31.1 Å². The van der Waals surface area contributed by atoms with Gasteiger partial charge in [0.1, 0.15) is 0 Å². The van der Waals surface area contributed by atoms with E-state index in [4.69, 9.17) is 28.5 Å². The number of nitriles is 1. The van der Waals surface area contributed by atoms with Crippen LogP contribution in [0.4, 0.5) is 0 Å². The molecule has 21 heavy (non-hydrogen) atoms. The first kappa shape index (κ1) is 14.2. The number of halogens is 2. The highest BCUT2D eigenvalue weighted by Gasteiger charge is 2.25. The Morgan fingerprint density at radius 2 is 2.24 bits per heavy atom. The second-order valence-electron chi connectivity index (χ2n) is 5.15. The topological polar surface area (TPSA) is 57.8 Å². The molecule has 0 aliphatic carbocycles. The van der Waals surface area contributed by atoms with Crippen molar-refractivity contribution in [2.75, 3.05) is 6.54 Å². The van der Waals surface area contributed by atoms with E-state index in [1.165, 1.54) is 0 Å². The second-order valence-corrected chi connectivity index (χ2v) is 5.94. The lowest BCUT2D eigenvalue weighted by molar-refractivity contribution is -0.120. The summed E-state index contributed by atoms with van der Waals surface area (Å²) in [6, 6.07) is 3.89. The molecule has 1 aromatic carbocycles. The van der Waals surface area contributed by atoms with Gasteiger partial charge in [0, 0.05) is 31.1 Å². The van der Waals surface area contributed by atoms with Crippen molar-refractivity contribution >= 4 is 40.0 Å². The Labute approximate surface area is 132 Å². The Kier molecular flexibility index (Phi) is 3.56. The van der Waals surface area contributed by atoms with Crippen LogP contribution in [0.5, 0.6) is 0 Å². The van der Waals surface area contributed by atoms with Gasteiger partial charge in [0.2, 0.25) is 5.91 Å². The third-order valence-corrected chi connectivity index (χ3v) is 4.74. The Balaban J connectivity index is 2.42. The molecular weight excluding hydrogens is 309 g/mol. The summed E-state index contributed by atoms with van der Waals surface area (Å²) in [5.41, 5.74) is 3.68. The van der Waals surface area contributed by atoms with Crippen LogP contribution in [0, 0.1) is 11.3 Å². The van der Waals surface area contributed by atoms with Crippen molar-refractivity contribution in [3.8, 4) is 6.07 Å². The number of benzene rings is 1. The number of carbonyl (C=O) groups is 1. The van der Waals surface area contributed by atoms with E-state index in [2.05, 4.69) is 11.4 Å². The molecule has 0 fully saturated rings. The summed E-state index contributed by atoms with van der Waals surface area (Å²) in [4.78, 5) is 11.9. The lowest BCUT2D eigenvalue weighted by Crippen LogP contribution is -2.24. The van der Waals surface area contributed by atoms with Crippen molar-refractivity contribution in [1.29, 1.82) is 5.26 Å². The Hall–Kier alpha value is -1.70. The highest BCUT2D eigenvalue weighted by Crippen LogP contribution is 2.39. The van der Waals surface area contributed by atoms with Crippen LogP contribution in [0.15, 0.2) is 6.07 Å². The number of rotatable bonds is 1. The average Bonchev–Trinajstić information content (AvgIpc) is 2.59.